The average Bonchev–Trinajstić information content (AvgIpc) is 3.20. The molecule has 0 fully saturated rings. The van der Waals surface area contributed by atoms with Crippen LogP contribution in [-0.4, -0.2) is 21.9 Å². The minimum Gasteiger partial charge on any atom is -0.497 e. The fourth-order valence-electron chi connectivity index (χ4n) is 2.35. The van der Waals surface area contributed by atoms with Gasteiger partial charge in [0.25, 0.3) is 0 Å². The number of furan rings is 1. The number of nitrogens with zero attached hydrogens (tertiary/aromatic N) is 3. The van der Waals surface area contributed by atoms with E-state index in [-0.39, 0.29) is 0 Å². The Bertz CT molecular complexity index is 816. The Morgan fingerprint density at radius 3 is 2.83 bits per heavy atom. The van der Waals surface area contributed by atoms with Crippen molar-refractivity contribution in [2.24, 2.45) is 0 Å². The maximum Gasteiger partial charge on any atom is 0.200 e. The van der Waals surface area contributed by atoms with E-state index in [2.05, 4.69) is 43.7 Å². The summed E-state index contributed by atoms with van der Waals surface area (Å²) in [4.78, 5) is 0. The van der Waals surface area contributed by atoms with Gasteiger partial charge in [-0.1, -0.05) is 30.8 Å². The first-order chi connectivity index (χ1) is 11.7. The number of thioether (sulfide) groups is 1. The van der Waals surface area contributed by atoms with Crippen molar-refractivity contribution in [3.05, 3.63) is 46.6 Å². The highest BCUT2D eigenvalue weighted by atomic mass is 79.9. The van der Waals surface area contributed by atoms with Crippen molar-refractivity contribution in [1.29, 1.82) is 0 Å². The first-order valence-corrected chi connectivity index (χ1v) is 9.43. The number of aromatic nitrogens is 3. The molecule has 0 amide bonds. The zero-order chi connectivity index (χ0) is 16.9. The molecule has 5 nitrogen and oxygen atoms in total. The molecule has 0 aliphatic heterocycles. The highest BCUT2D eigenvalue weighted by Gasteiger charge is 2.16. The van der Waals surface area contributed by atoms with Crippen LogP contribution in [0.3, 0.4) is 0 Å². The molecule has 0 unspecified atom stereocenters. The van der Waals surface area contributed by atoms with Crippen LogP contribution in [0.25, 0.3) is 11.6 Å². The summed E-state index contributed by atoms with van der Waals surface area (Å²) in [6, 6.07) is 11.8. The summed E-state index contributed by atoms with van der Waals surface area (Å²) in [5.74, 6) is 3.15. The van der Waals surface area contributed by atoms with Crippen LogP contribution in [-0.2, 0) is 12.3 Å². The highest BCUT2D eigenvalue weighted by Crippen LogP contribution is 2.29. The van der Waals surface area contributed by atoms with E-state index in [1.54, 1.807) is 18.9 Å². The van der Waals surface area contributed by atoms with Gasteiger partial charge in [-0.25, -0.2) is 0 Å². The molecule has 1 aromatic carbocycles. The number of ether oxygens (including phenoxy) is 1. The summed E-state index contributed by atoms with van der Waals surface area (Å²) < 4.78 is 13.7. The minimum atomic E-state index is 0.689. The van der Waals surface area contributed by atoms with Gasteiger partial charge in [0, 0.05) is 12.3 Å². The molecule has 3 aromatic rings. The Labute approximate surface area is 153 Å². The zero-order valence-corrected chi connectivity index (χ0v) is 15.9. The standard InChI is InChI=1S/C17H18BrN3O2S/c1-3-9-21-16(14-7-8-15(18)23-14)19-20-17(21)24-11-12-5-4-6-13(10-12)22-2/h4-8,10H,3,9,11H2,1-2H3. The van der Waals surface area contributed by atoms with Crippen LogP contribution in [0.4, 0.5) is 0 Å². The van der Waals surface area contributed by atoms with E-state index in [0.717, 1.165) is 41.2 Å². The van der Waals surface area contributed by atoms with E-state index in [1.807, 2.05) is 30.3 Å². The molecule has 0 aliphatic rings. The second kappa shape index (κ2) is 7.90. The molecule has 7 heteroatoms. The molecular weight excluding hydrogens is 390 g/mol. The predicted molar refractivity (Wildman–Crippen MR) is 98.3 cm³/mol. The van der Waals surface area contributed by atoms with Crippen molar-refractivity contribution < 1.29 is 9.15 Å². The molecule has 2 heterocycles. The second-order valence-corrected chi connectivity index (χ2v) is 6.93. The third kappa shape index (κ3) is 3.84. The molecule has 0 atom stereocenters. The van der Waals surface area contributed by atoms with Gasteiger partial charge in [-0.05, 0) is 52.2 Å². The summed E-state index contributed by atoms with van der Waals surface area (Å²) in [7, 11) is 1.68. The molecule has 3 rings (SSSR count). The summed E-state index contributed by atoms with van der Waals surface area (Å²) in [6.45, 7) is 2.99. The topological polar surface area (TPSA) is 53.1 Å². The maximum atomic E-state index is 5.63. The van der Waals surface area contributed by atoms with Crippen molar-refractivity contribution in [2.45, 2.75) is 30.8 Å². The predicted octanol–water partition coefficient (Wildman–Crippen LogP) is 5.01. The lowest BCUT2D eigenvalue weighted by atomic mass is 10.2. The molecule has 0 saturated carbocycles. The molecule has 0 bridgehead atoms. The molecule has 126 valence electrons. The minimum absolute atomic E-state index is 0.689. The van der Waals surface area contributed by atoms with Crippen LogP contribution in [0, 0.1) is 0 Å². The van der Waals surface area contributed by atoms with E-state index in [4.69, 9.17) is 9.15 Å². The Kier molecular flexibility index (Phi) is 5.63. The molecule has 0 aliphatic carbocycles. The van der Waals surface area contributed by atoms with Gasteiger partial charge in [0.15, 0.2) is 15.6 Å². The Hall–Kier alpha value is -1.73. The third-order valence-electron chi connectivity index (χ3n) is 3.46. The number of benzene rings is 1. The number of hydrogen-bond donors (Lipinski definition) is 0. The van der Waals surface area contributed by atoms with Crippen LogP contribution >= 0.6 is 27.7 Å². The number of methoxy groups -OCH3 is 1. The Balaban J connectivity index is 1.81. The van der Waals surface area contributed by atoms with Crippen molar-refractivity contribution in [3.63, 3.8) is 0 Å². The summed E-state index contributed by atoms with van der Waals surface area (Å²) in [5, 5.41) is 9.56. The fourth-order valence-corrected chi connectivity index (χ4v) is 3.56. The maximum absolute atomic E-state index is 5.63. The van der Waals surface area contributed by atoms with E-state index < -0.39 is 0 Å². The van der Waals surface area contributed by atoms with Gasteiger partial charge >= 0.3 is 0 Å². The molecule has 24 heavy (non-hydrogen) atoms. The molecule has 0 saturated heterocycles. The van der Waals surface area contributed by atoms with E-state index in [1.165, 1.54) is 5.56 Å². The van der Waals surface area contributed by atoms with E-state index in [9.17, 15) is 0 Å². The van der Waals surface area contributed by atoms with Gasteiger partial charge in [-0.3, -0.25) is 4.57 Å². The average molecular weight is 408 g/mol. The van der Waals surface area contributed by atoms with E-state index >= 15 is 0 Å². The van der Waals surface area contributed by atoms with Crippen LogP contribution in [0.2, 0.25) is 0 Å². The number of rotatable bonds is 7. The van der Waals surface area contributed by atoms with E-state index in [0.29, 0.717) is 4.67 Å². The number of hydrogen-bond acceptors (Lipinski definition) is 5. The first-order valence-electron chi connectivity index (χ1n) is 7.66. The van der Waals surface area contributed by atoms with Crippen LogP contribution in [0.5, 0.6) is 5.75 Å². The van der Waals surface area contributed by atoms with Gasteiger partial charge in [-0.15, -0.1) is 10.2 Å². The fraction of sp³-hybridized carbons (Fsp3) is 0.294. The molecular formula is C17H18BrN3O2S. The Morgan fingerprint density at radius 1 is 1.25 bits per heavy atom. The van der Waals surface area contributed by atoms with Gasteiger partial charge in [0.05, 0.1) is 7.11 Å². The zero-order valence-electron chi connectivity index (χ0n) is 13.5. The SMILES string of the molecule is CCCn1c(SCc2cccc(OC)c2)nnc1-c1ccc(Br)o1. The smallest absolute Gasteiger partial charge is 0.200 e. The molecule has 0 N–H and O–H groups in total. The second-order valence-electron chi connectivity index (χ2n) is 5.20. The summed E-state index contributed by atoms with van der Waals surface area (Å²) in [6.07, 6.45) is 1.000. The van der Waals surface area contributed by atoms with Crippen molar-refractivity contribution in [3.8, 4) is 17.3 Å². The molecule has 0 radical (unpaired) electrons. The Morgan fingerprint density at radius 2 is 2.12 bits per heavy atom. The lowest BCUT2D eigenvalue weighted by Crippen LogP contribution is -2.01. The van der Waals surface area contributed by atoms with Gasteiger partial charge in [-0.2, -0.15) is 0 Å². The first kappa shape index (κ1) is 17.1. The van der Waals surface area contributed by atoms with Gasteiger partial charge in [0.1, 0.15) is 5.75 Å². The van der Waals surface area contributed by atoms with Crippen molar-refractivity contribution >= 4 is 27.7 Å². The highest BCUT2D eigenvalue weighted by molar-refractivity contribution is 9.10. The normalized spacial score (nSPS) is 11.0. The van der Waals surface area contributed by atoms with Gasteiger partial charge < -0.3 is 9.15 Å². The monoisotopic (exact) mass is 407 g/mol. The largest absolute Gasteiger partial charge is 0.497 e. The third-order valence-corrected chi connectivity index (χ3v) is 4.92. The lowest BCUT2D eigenvalue weighted by Gasteiger charge is -2.08. The van der Waals surface area contributed by atoms with Crippen LogP contribution in [0.15, 0.2) is 50.6 Å². The summed E-state index contributed by atoms with van der Waals surface area (Å²) in [5.41, 5.74) is 1.19. The van der Waals surface area contributed by atoms with Crippen molar-refractivity contribution in [1.82, 2.24) is 14.8 Å². The molecule has 2 aromatic heterocycles. The summed E-state index contributed by atoms with van der Waals surface area (Å²) >= 11 is 5.00. The molecule has 0 spiro atoms. The quantitative estimate of drug-likeness (QED) is 0.515. The number of halogens is 1. The van der Waals surface area contributed by atoms with Crippen LogP contribution in [0.1, 0.15) is 18.9 Å². The van der Waals surface area contributed by atoms with Gasteiger partial charge in [0.2, 0.25) is 5.82 Å². The van der Waals surface area contributed by atoms with Crippen molar-refractivity contribution in [2.75, 3.05) is 7.11 Å². The van der Waals surface area contributed by atoms with Crippen LogP contribution < -0.4 is 4.74 Å². The lowest BCUT2D eigenvalue weighted by molar-refractivity contribution is 0.414.